The second-order valence-corrected chi connectivity index (χ2v) is 5.98. The van der Waals surface area contributed by atoms with E-state index in [2.05, 4.69) is 0 Å². The highest BCUT2D eigenvalue weighted by Crippen LogP contribution is 2.31. The third-order valence-electron chi connectivity index (χ3n) is 4.22. The van der Waals surface area contributed by atoms with Gasteiger partial charge < -0.3 is 4.74 Å². The lowest BCUT2D eigenvalue weighted by Crippen LogP contribution is -1.94. The first-order valence-corrected chi connectivity index (χ1v) is 8.69. The van der Waals surface area contributed by atoms with Crippen LogP contribution in [0.15, 0.2) is 60.7 Å². The van der Waals surface area contributed by atoms with E-state index in [0.717, 1.165) is 0 Å². The predicted molar refractivity (Wildman–Crippen MR) is 103 cm³/mol. The summed E-state index contributed by atoms with van der Waals surface area (Å²) in [5.74, 6) is -1.71. The Kier molecular flexibility index (Phi) is 5.65. The highest BCUT2D eigenvalue weighted by molar-refractivity contribution is 5.72. The van der Waals surface area contributed by atoms with Crippen molar-refractivity contribution in [3.63, 3.8) is 0 Å². The van der Waals surface area contributed by atoms with Crippen LogP contribution < -0.4 is 4.74 Å². The molecular weight excluding hydrogens is 349 g/mol. The van der Waals surface area contributed by atoms with Crippen LogP contribution in [-0.2, 0) is 0 Å². The largest absolute Gasteiger partial charge is 0.494 e. The van der Waals surface area contributed by atoms with Gasteiger partial charge >= 0.3 is 0 Å². The van der Waals surface area contributed by atoms with Crippen molar-refractivity contribution in [2.45, 2.75) is 13.8 Å². The molecule has 0 saturated carbocycles. The molecule has 3 rings (SSSR count). The Morgan fingerprint density at radius 1 is 0.815 bits per heavy atom. The van der Waals surface area contributed by atoms with E-state index in [9.17, 15) is 13.2 Å². The van der Waals surface area contributed by atoms with Crippen molar-refractivity contribution in [2.75, 3.05) is 6.61 Å². The lowest BCUT2D eigenvalue weighted by Gasteiger charge is -2.10. The quantitative estimate of drug-likeness (QED) is 0.477. The number of halogens is 3. The van der Waals surface area contributed by atoms with Crippen molar-refractivity contribution >= 4 is 6.08 Å². The Labute approximate surface area is 156 Å². The smallest absolute Gasteiger partial charge is 0.167 e. The van der Waals surface area contributed by atoms with Gasteiger partial charge in [0, 0.05) is 22.8 Å². The molecule has 0 bridgehead atoms. The Morgan fingerprint density at radius 2 is 1.44 bits per heavy atom. The zero-order chi connectivity index (χ0) is 19.4. The summed E-state index contributed by atoms with van der Waals surface area (Å²) in [5.41, 5.74) is 1.95. The molecule has 0 aliphatic rings. The Morgan fingerprint density at radius 3 is 2.04 bits per heavy atom. The first-order chi connectivity index (χ1) is 13.0. The molecule has 0 N–H and O–H groups in total. The molecule has 0 aliphatic heterocycles. The van der Waals surface area contributed by atoms with Crippen molar-refractivity contribution < 1.29 is 17.9 Å². The highest BCUT2D eigenvalue weighted by atomic mass is 19.2. The number of hydrogen-bond acceptors (Lipinski definition) is 1. The molecule has 3 aromatic rings. The van der Waals surface area contributed by atoms with Gasteiger partial charge in [0.15, 0.2) is 11.6 Å². The first kappa shape index (κ1) is 18.8. The molecule has 0 spiro atoms. The predicted octanol–water partition coefficient (Wildman–Crippen LogP) is 6.87. The van der Waals surface area contributed by atoms with Crippen LogP contribution >= 0.6 is 0 Å². The van der Waals surface area contributed by atoms with Crippen LogP contribution in [-0.4, -0.2) is 6.61 Å². The van der Waals surface area contributed by atoms with Gasteiger partial charge in [0.2, 0.25) is 0 Å². The second kappa shape index (κ2) is 8.12. The van der Waals surface area contributed by atoms with E-state index in [1.165, 1.54) is 18.2 Å². The third-order valence-corrected chi connectivity index (χ3v) is 4.22. The minimum absolute atomic E-state index is 0.166. The van der Waals surface area contributed by atoms with Crippen LogP contribution in [0.4, 0.5) is 13.2 Å². The molecule has 27 heavy (non-hydrogen) atoms. The van der Waals surface area contributed by atoms with E-state index in [1.807, 2.05) is 6.92 Å². The van der Waals surface area contributed by atoms with Gasteiger partial charge in [0.1, 0.15) is 11.6 Å². The summed E-state index contributed by atoms with van der Waals surface area (Å²) in [4.78, 5) is 0. The average Bonchev–Trinajstić information content (AvgIpc) is 2.67. The summed E-state index contributed by atoms with van der Waals surface area (Å²) < 4.78 is 48.1. The first-order valence-electron chi connectivity index (χ1n) is 8.69. The summed E-state index contributed by atoms with van der Waals surface area (Å²) in [6, 6.07) is 14.4. The van der Waals surface area contributed by atoms with Gasteiger partial charge in [-0.25, -0.2) is 13.2 Å². The lowest BCUT2D eigenvalue weighted by atomic mass is 9.98. The fourth-order valence-corrected chi connectivity index (χ4v) is 2.91. The molecular formula is C23H19F3O. The van der Waals surface area contributed by atoms with E-state index in [0.29, 0.717) is 29.0 Å². The maximum atomic E-state index is 14.4. The van der Waals surface area contributed by atoms with E-state index in [-0.39, 0.29) is 11.1 Å². The van der Waals surface area contributed by atoms with Crippen molar-refractivity contribution in [2.24, 2.45) is 0 Å². The van der Waals surface area contributed by atoms with E-state index < -0.39 is 17.5 Å². The number of allylic oxidation sites excluding steroid dienone is 1. The van der Waals surface area contributed by atoms with E-state index >= 15 is 0 Å². The molecule has 138 valence electrons. The zero-order valence-electron chi connectivity index (χ0n) is 15.1. The summed E-state index contributed by atoms with van der Waals surface area (Å²) in [7, 11) is 0. The standard InChI is InChI=1S/C23H19F3O/c1-3-5-17-10-12-20(23(26)22(17)25)16-8-6-15(7-9-16)19-13-11-18(27-4-2)14-21(19)24/h3,5-14H,4H2,1-2H3/b5-3+. The number of ether oxygens (including phenoxy) is 1. The zero-order valence-corrected chi connectivity index (χ0v) is 15.1. The Bertz CT molecular complexity index is 976. The molecule has 0 atom stereocenters. The van der Waals surface area contributed by atoms with Gasteiger partial charge in [0.25, 0.3) is 0 Å². The average molecular weight is 368 g/mol. The van der Waals surface area contributed by atoms with Crippen LogP contribution in [0.2, 0.25) is 0 Å². The van der Waals surface area contributed by atoms with Crippen molar-refractivity contribution in [1.29, 1.82) is 0 Å². The summed E-state index contributed by atoms with van der Waals surface area (Å²) >= 11 is 0. The van der Waals surface area contributed by atoms with Crippen LogP contribution in [0, 0.1) is 17.5 Å². The lowest BCUT2D eigenvalue weighted by molar-refractivity contribution is 0.338. The normalized spacial score (nSPS) is 11.1. The topological polar surface area (TPSA) is 9.23 Å². The molecule has 3 aromatic carbocycles. The maximum Gasteiger partial charge on any atom is 0.167 e. The molecule has 0 heterocycles. The molecule has 1 nitrogen and oxygen atoms in total. The number of rotatable bonds is 5. The van der Waals surface area contributed by atoms with Gasteiger partial charge in [-0.1, -0.05) is 48.6 Å². The monoisotopic (exact) mass is 368 g/mol. The van der Waals surface area contributed by atoms with E-state index in [1.54, 1.807) is 55.5 Å². The van der Waals surface area contributed by atoms with E-state index in [4.69, 9.17) is 4.74 Å². The summed E-state index contributed by atoms with van der Waals surface area (Å²) in [6.45, 7) is 4.03. The number of benzene rings is 3. The maximum absolute atomic E-state index is 14.4. The molecule has 0 radical (unpaired) electrons. The molecule has 0 amide bonds. The second-order valence-electron chi connectivity index (χ2n) is 5.98. The van der Waals surface area contributed by atoms with Gasteiger partial charge in [-0.3, -0.25) is 0 Å². The fraction of sp³-hybridized carbons (Fsp3) is 0.130. The molecule has 4 heteroatoms. The summed E-state index contributed by atoms with van der Waals surface area (Å²) in [5, 5.41) is 0. The molecule has 0 aromatic heterocycles. The molecule has 0 unspecified atom stereocenters. The van der Waals surface area contributed by atoms with Crippen LogP contribution in [0.1, 0.15) is 19.4 Å². The Balaban J connectivity index is 1.93. The van der Waals surface area contributed by atoms with Crippen molar-refractivity contribution in [3.8, 4) is 28.0 Å². The summed E-state index contributed by atoms with van der Waals surface area (Å²) in [6.07, 6.45) is 3.16. The van der Waals surface area contributed by atoms with Gasteiger partial charge in [-0.2, -0.15) is 0 Å². The minimum atomic E-state index is -0.898. The molecule has 0 aliphatic carbocycles. The molecule has 0 saturated heterocycles. The van der Waals surface area contributed by atoms with Gasteiger partial charge in [-0.15, -0.1) is 0 Å². The van der Waals surface area contributed by atoms with Crippen LogP contribution in [0.25, 0.3) is 28.3 Å². The fourth-order valence-electron chi connectivity index (χ4n) is 2.91. The SMILES string of the molecule is C/C=C/c1ccc(-c2ccc(-c3ccc(OCC)cc3F)cc2)c(F)c1F. The van der Waals surface area contributed by atoms with Gasteiger partial charge in [0.05, 0.1) is 6.61 Å². The van der Waals surface area contributed by atoms with Crippen LogP contribution in [0.5, 0.6) is 5.75 Å². The number of hydrogen-bond donors (Lipinski definition) is 0. The molecule has 0 fully saturated rings. The third kappa shape index (κ3) is 3.90. The minimum Gasteiger partial charge on any atom is -0.494 e. The van der Waals surface area contributed by atoms with Crippen molar-refractivity contribution in [3.05, 3.63) is 83.7 Å². The van der Waals surface area contributed by atoms with Gasteiger partial charge in [-0.05, 0) is 37.1 Å². The van der Waals surface area contributed by atoms with Crippen molar-refractivity contribution in [1.82, 2.24) is 0 Å². The highest BCUT2D eigenvalue weighted by Gasteiger charge is 2.14. The Hall–Kier alpha value is -3.01. The van der Waals surface area contributed by atoms with Crippen LogP contribution in [0.3, 0.4) is 0 Å².